The van der Waals surface area contributed by atoms with Crippen LogP contribution in [0.3, 0.4) is 0 Å². The molecule has 1 rings (SSSR count). The van der Waals surface area contributed by atoms with Gasteiger partial charge in [-0.1, -0.05) is 0 Å². The molecule has 0 saturated heterocycles. The van der Waals surface area contributed by atoms with E-state index in [-0.39, 0.29) is 10.9 Å². The Morgan fingerprint density at radius 3 is 2.62 bits per heavy atom. The van der Waals surface area contributed by atoms with E-state index in [0.717, 1.165) is 5.95 Å². The Hall–Kier alpha value is -0.700. The number of aromatic nitrogens is 2. The van der Waals surface area contributed by atoms with Gasteiger partial charge < -0.3 is 9.88 Å². The van der Waals surface area contributed by atoms with Gasteiger partial charge in [-0.2, -0.15) is 0 Å². The van der Waals surface area contributed by atoms with Crippen LogP contribution in [-0.2, 0) is 7.05 Å². The van der Waals surface area contributed by atoms with Crippen molar-refractivity contribution >= 4 is 17.5 Å². The lowest BCUT2D eigenvalue weighted by atomic mass is 10.0. The second kappa shape index (κ2) is 3.58. The van der Waals surface area contributed by atoms with Crippen LogP contribution >= 0.6 is 11.6 Å². The minimum absolute atomic E-state index is 0.0456. The van der Waals surface area contributed by atoms with E-state index in [0.29, 0.717) is 0 Å². The maximum atomic E-state index is 6.04. The van der Waals surface area contributed by atoms with Crippen molar-refractivity contribution in [2.75, 3.05) is 5.32 Å². The fourth-order valence-electron chi connectivity index (χ4n) is 0.874. The number of aryl methyl sites for hydroxylation is 1. The van der Waals surface area contributed by atoms with E-state index in [1.807, 2.05) is 24.7 Å². The summed E-state index contributed by atoms with van der Waals surface area (Å²) in [5.74, 6) is 0.845. The molecule has 0 bridgehead atoms. The lowest BCUT2D eigenvalue weighted by Crippen LogP contribution is -2.39. The molecule has 0 saturated carbocycles. The Bertz CT molecular complexity index is 278. The van der Waals surface area contributed by atoms with Crippen LogP contribution in [0.15, 0.2) is 12.4 Å². The van der Waals surface area contributed by atoms with Gasteiger partial charge in [0.1, 0.15) is 0 Å². The minimum atomic E-state index is -0.152. The molecule has 0 aliphatic rings. The molecule has 74 valence electrons. The topological polar surface area (TPSA) is 29.9 Å². The molecule has 1 heterocycles. The highest BCUT2D eigenvalue weighted by atomic mass is 35.5. The molecule has 0 aromatic carbocycles. The van der Waals surface area contributed by atoms with E-state index in [4.69, 9.17) is 11.6 Å². The summed E-state index contributed by atoms with van der Waals surface area (Å²) in [7, 11) is 1.95. The Kier molecular flexibility index (Phi) is 2.86. The van der Waals surface area contributed by atoms with E-state index in [2.05, 4.69) is 24.1 Å². The molecule has 0 aliphatic carbocycles. The first-order valence-electron chi connectivity index (χ1n) is 4.33. The first-order valence-corrected chi connectivity index (χ1v) is 4.76. The van der Waals surface area contributed by atoms with Crippen molar-refractivity contribution in [1.82, 2.24) is 9.55 Å². The van der Waals surface area contributed by atoms with Crippen LogP contribution in [0.25, 0.3) is 0 Å². The van der Waals surface area contributed by atoms with E-state index in [9.17, 15) is 0 Å². The molecule has 0 radical (unpaired) electrons. The lowest BCUT2D eigenvalue weighted by Gasteiger charge is -2.29. The van der Waals surface area contributed by atoms with Crippen molar-refractivity contribution in [3.8, 4) is 0 Å². The third-order valence-electron chi connectivity index (χ3n) is 2.25. The average Bonchev–Trinajstić information content (AvgIpc) is 2.35. The molecule has 1 aromatic heterocycles. The predicted molar refractivity (Wildman–Crippen MR) is 56.2 cm³/mol. The average molecular weight is 202 g/mol. The van der Waals surface area contributed by atoms with Crippen molar-refractivity contribution < 1.29 is 0 Å². The summed E-state index contributed by atoms with van der Waals surface area (Å²) >= 11 is 6.04. The SMILES string of the molecule is CC(Cl)C(C)(C)Nc1nccn1C. The maximum absolute atomic E-state index is 6.04. The summed E-state index contributed by atoms with van der Waals surface area (Å²) in [5.41, 5.74) is -0.152. The van der Waals surface area contributed by atoms with Gasteiger partial charge in [-0.3, -0.25) is 0 Å². The number of nitrogens with one attached hydrogen (secondary N) is 1. The van der Waals surface area contributed by atoms with E-state index < -0.39 is 0 Å². The van der Waals surface area contributed by atoms with Gasteiger partial charge in [0.05, 0.1) is 10.9 Å². The highest BCUT2D eigenvalue weighted by Crippen LogP contribution is 2.19. The van der Waals surface area contributed by atoms with Gasteiger partial charge in [0.15, 0.2) is 0 Å². The van der Waals surface area contributed by atoms with Crippen LogP contribution in [0, 0.1) is 0 Å². The first kappa shape index (κ1) is 10.4. The maximum Gasteiger partial charge on any atom is 0.202 e. The van der Waals surface area contributed by atoms with Gasteiger partial charge in [0.25, 0.3) is 0 Å². The van der Waals surface area contributed by atoms with E-state index in [1.54, 1.807) is 6.20 Å². The van der Waals surface area contributed by atoms with Gasteiger partial charge in [-0.05, 0) is 20.8 Å². The normalized spacial score (nSPS) is 14.2. The van der Waals surface area contributed by atoms with Gasteiger partial charge >= 0.3 is 0 Å². The predicted octanol–water partition coefficient (Wildman–Crippen LogP) is 2.24. The first-order chi connectivity index (χ1) is 5.93. The molecule has 1 N–H and O–H groups in total. The second-order valence-electron chi connectivity index (χ2n) is 3.82. The number of nitrogens with zero attached hydrogens (tertiary/aromatic N) is 2. The number of anilines is 1. The Balaban J connectivity index is 2.74. The zero-order valence-electron chi connectivity index (χ0n) is 8.50. The molecule has 0 spiro atoms. The highest BCUT2D eigenvalue weighted by Gasteiger charge is 2.24. The number of hydrogen-bond donors (Lipinski definition) is 1. The van der Waals surface area contributed by atoms with Crippen molar-refractivity contribution in [1.29, 1.82) is 0 Å². The second-order valence-corrected chi connectivity index (χ2v) is 4.48. The Morgan fingerprint density at radius 1 is 1.62 bits per heavy atom. The monoisotopic (exact) mass is 201 g/mol. The number of halogens is 1. The third kappa shape index (κ3) is 2.37. The Morgan fingerprint density at radius 2 is 2.23 bits per heavy atom. The number of rotatable bonds is 3. The van der Waals surface area contributed by atoms with Gasteiger partial charge in [-0.15, -0.1) is 11.6 Å². The molecule has 1 aromatic rings. The molecule has 1 unspecified atom stereocenters. The lowest BCUT2D eigenvalue weighted by molar-refractivity contribution is 0.546. The van der Waals surface area contributed by atoms with Gasteiger partial charge in [0.2, 0.25) is 5.95 Å². The fraction of sp³-hybridized carbons (Fsp3) is 0.667. The van der Waals surface area contributed by atoms with Crippen molar-refractivity contribution in [2.24, 2.45) is 7.05 Å². The Labute approximate surface area is 84.1 Å². The molecule has 0 aliphatic heterocycles. The molecular formula is C9H16ClN3. The smallest absolute Gasteiger partial charge is 0.202 e. The zero-order chi connectivity index (χ0) is 10.1. The largest absolute Gasteiger partial charge is 0.349 e. The van der Waals surface area contributed by atoms with Crippen LogP contribution in [0.2, 0.25) is 0 Å². The molecular weight excluding hydrogens is 186 g/mol. The van der Waals surface area contributed by atoms with Crippen LogP contribution in [0.1, 0.15) is 20.8 Å². The summed E-state index contributed by atoms with van der Waals surface area (Å²) < 4.78 is 1.93. The summed E-state index contributed by atoms with van der Waals surface area (Å²) in [6.07, 6.45) is 3.66. The molecule has 1 atom stereocenters. The number of alkyl halides is 1. The molecule has 3 nitrogen and oxygen atoms in total. The van der Waals surface area contributed by atoms with E-state index >= 15 is 0 Å². The molecule has 0 fully saturated rings. The third-order valence-corrected chi connectivity index (χ3v) is 2.80. The quantitative estimate of drug-likeness (QED) is 0.761. The minimum Gasteiger partial charge on any atom is -0.349 e. The van der Waals surface area contributed by atoms with Crippen LogP contribution in [-0.4, -0.2) is 20.5 Å². The number of hydrogen-bond acceptors (Lipinski definition) is 2. The van der Waals surface area contributed by atoms with Crippen molar-refractivity contribution in [3.63, 3.8) is 0 Å². The highest BCUT2D eigenvalue weighted by molar-refractivity contribution is 6.21. The molecule has 13 heavy (non-hydrogen) atoms. The van der Waals surface area contributed by atoms with Crippen LogP contribution < -0.4 is 5.32 Å². The van der Waals surface area contributed by atoms with Crippen LogP contribution in [0.5, 0.6) is 0 Å². The van der Waals surface area contributed by atoms with E-state index in [1.165, 1.54) is 0 Å². The summed E-state index contributed by atoms with van der Waals surface area (Å²) in [5, 5.41) is 3.33. The van der Waals surface area contributed by atoms with Gasteiger partial charge in [-0.25, -0.2) is 4.98 Å². The summed E-state index contributed by atoms with van der Waals surface area (Å²) in [6, 6.07) is 0. The summed E-state index contributed by atoms with van der Waals surface area (Å²) in [4.78, 5) is 4.18. The standard InChI is InChI=1S/C9H16ClN3/c1-7(10)9(2,3)12-8-11-5-6-13(8)4/h5-7H,1-4H3,(H,11,12). The summed E-state index contributed by atoms with van der Waals surface area (Å²) in [6.45, 7) is 6.08. The molecule has 4 heteroatoms. The zero-order valence-corrected chi connectivity index (χ0v) is 9.26. The van der Waals surface area contributed by atoms with Crippen LogP contribution in [0.4, 0.5) is 5.95 Å². The number of imidazole rings is 1. The van der Waals surface area contributed by atoms with Crippen molar-refractivity contribution in [3.05, 3.63) is 12.4 Å². The molecule has 0 amide bonds. The van der Waals surface area contributed by atoms with Crippen molar-refractivity contribution in [2.45, 2.75) is 31.7 Å². The van der Waals surface area contributed by atoms with Gasteiger partial charge in [0, 0.05) is 19.4 Å². The fourth-order valence-corrected chi connectivity index (χ4v) is 0.928.